The van der Waals surface area contributed by atoms with Crippen LogP contribution in [0.2, 0.25) is 0 Å². The largest absolute Gasteiger partial charge is 0.387 e. The molecular formula is C10H13ClFNO. The van der Waals surface area contributed by atoms with Crippen molar-refractivity contribution in [2.24, 2.45) is 0 Å². The lowest BCUT2D eigenvalue weighted by Crippen LogP contribution is -2.11. The maximum Gasteiger partial charge on any atom is 0.146 e. The summed E-state index contributed by atoms with van der Waals surface area (Å²) in [6, 6.07) is 4.61. The third-order valence-corrected chi connectivity index (χ3v) is 2.28. The van der Waals surface area contributed by atoms with Crippen LogP contribution in [0.5, 0.6) is 0 Å². The third kappa shape index (κ3) is 2.36. The first-order chi connectivity index (χ1) is 6.56. The van der Waals surface area contributed by atoms with Crippen molar-refractivity contribution in [1.29, 1.82) is 0 Å². The summed E-state index contributed by atoms with van der Waals surface area (Å²) in [5.41, 5.74) is 0.999. The van der Waals surface area contributed by atoms with Gasteiger partial charge < -0.3 is 10.0 Å². The van der Waals surface area contributed by atoms with Crippen LogP contribution in [-0.2, 0) is 0 Å². The van der Waals surface area contributed by atoms with E-state index >= 15 is 0 Å². The van der Waals surface area contributed by atoms with E-state index < -0.39 is 6.10 Å². The molecule has 0 amide bonds. The summed E-state index contributed by atoms with van der Waals surface area (Å²) in [7, 11) is 3.52. The molecule has 78 valence electrons. The Morgan fingerprint density at radius 2 is 2.14 bits per heavy atom. The Kier molecular flexibility index (Phi) is 3.72. The van der Waals surface area contributed by atoms with E-state index in [0.717, 1.165) is 0 Å². The lowest BCUT2D eigenvalue weighted by atomic mass is 10.1. The van der Waals surface area contributed by atoms with E-state index in [4.69, 9.17) is 11.6 Å². The second kappa shape index (κ2) is 4.62. The minimum absolute atomic E-state index is 0.0702. The Bertz CT molecular complexity index is 317. The number of hydrogen-bond acceptors (Lipinski definition) is 2. The second-order valence-corrected chi connectivity index (χ2v) is 3.58. The van der Waals surface area contributed by atoms with Crippen LogP contribution in [0.3, 0.4) is 0 Å². The fourth-order valence-corrected chi connectivity index (χ4v) is 1.36. The second-order valence-electron chi connectivity index (χ2n) is 3.28. The molecule has 0 saturated carbocycles. The maximum atomic E-state index is 13.4. The van der Waals surface area contributed by atoms with Crippen molar-refractivity contribution in [3.8, 4) is 0 Å². The Hall–Kier alpha value is -0.800. The first-order valence-electron chi connectivity index (χ1n) is 4.27. The van der Waals surface area contributed by atoms with Gasteiger partial charge in [0.25, 0.3) is 0 Å². The van der Waals surface area contributed by atoms with E-state index in [1.807, 2.05) is 0 Å². The first kappa shape index (κ1) is 11.3. The summed E-state index contributed by atoms with van der Waals surface area (Å²) in [4.78, 5) is 1.67. The van der Waals surface area contributed by atoms with Crippen LogP contribution in [0.4, 0.5) is 10.1 Å². The van der Waals surface area contributed by atoms with Gasteiger partial charge >= 0.3 is 0 Å². The molecule has 1 N–H and O–H groups in total. The van der Waals surface area contributed by atoms with Crippen LogP contribution in [0, 0.1) is 5.82 Å². The zero-order valence-corrected chi connectivity index (χ0v) is 8.92. The van der Waals surface area contributed by atoms with Crippen LogP contribution >= 0.6 is 11.6 Å². The normalized spacial score (nSPS) is 12.6. The average molecular weight is 218 g/mol. The van der Waals surface area contributed by atoms with Gasteiger partial charge in [0.05, 0.1) is 17.7 Å². The standard InChI is InChI=1S/C10H13ClFNO/c1-13(2)9-4-3-7(5-8(9)12)10(14)6-11/h3-5,10,14H,6H2,1-2H3. The van der Waals surface area contributed by atoms with E-state index in [-0.39, 0.29) is 11.7 Å². The molecule has 0 aliphatic heterocycles. The molecule has 2 nitrogen and oxygen atoms in total. The van der Waals surface area contributed by atoms with Gasteiger partial charge in [-0.15, -0.1) is 11.6 Å². The smallest absolute Gasteiger partial charge is 0.146 e. The fraction of sp³-hybridized carbons (Fsp3) is 0.400. The number of halogens is 2. The number of nitrogens with zero attached hydrogens (tertiary/aromatic N) is 1. The lowest BCUT2D eigenvalue weighted by Gasteiger charge is -2.15. The molecule has 0 aliphatic carbocycles. The molecule has 0 heterocycles. The van der Waals surface area contributed by atoms with E-state index in [1.54, 1.807) is 31.1 Å². The van der Waals surface area contributed by atoms with Gasteiger partial charge in [0, 0.05) is 14.1 Å². The maximum absolute atomic E-state index is 13.4. The highest BCUT2D eigenvalue weighted by molar-refractivity contribution is 6.18. The molecule has 0 spiro atoms. The fourth-order valence-electron chi connectivity index (χ4n) is 1.18. The molecule has 1 aromatic carbocycles. The van der Waals surface area contributed by atoms with Gasteiger partial charge in [0.15, 0.2) is 0 Å². The van der Waals surface area contributed by atoms with E-state index in [1.165, 1.54) is 6.07 Å². The Morgan fingerprint density at radius 3 is 2.57 bits per heavy atom. The SMILES string of the molecule is CN(C)c1ccc(C(O)CCl)cc1F. The van der Waals surface area contributed by atoms with Crippen LogP contribution in [0.15, 0.2) is 18.2 Å². The van der Waals surface area contributed by atoms with Gasteiger partial charge in [-0.25, -0.2) is 4.39 Å². The van der Waals surface area contributed by atoms with Gasteiger partial charge in [-0.2, -0.15) is 0 Å². The summed E-state index contributed by atoms with van der Waals surface area (Å²) < 4.78 is 13.4. The minimum atomic E-state index is -0.803. The molecule has 0 aromatic heterocycles. The summed E-state index contributed by atoms with van der Waals surface area (Å²) in [5, 5.41) is 9.37. The molecule has 0 radical (unpaired) electrons. The summed E-state index contributed by atoms with van der Waals surface area (Å²) in [5.74, 6) is -0.280. The monoisotopic (exact) mass is 217 g/mol. The molecule has 0 bridgehead atoms. The quantitative estimate of drug-likeness (QED) is 0.785. The van der Waals surface area contributed by atoms with Gasteiger partial charge in [-0.05, 0) is 17.7 Å². The average Bonchev–Trinajstić information content (AvgIpc) is 2.15. The van der Waals surface area contributed by atoms with Gasteiger partial charge in [0.2, 0.25) is 0 Å². The number of hydrogen-bond donors (Lipinski definition) is 1. The molecule has 1 unspecified atom stereocenters. The minimum Gasteiger partial charge on any atom is -0.387 e. The van der Waals surface area contributed by atoms with E-state index in [9.17, 15) is 9.50 Å². The zero-order valence-electron chi connectivity index (χ0n) is 8.17. The Morgan fingerprint density at radius 1 is 1.50 bits per heavy atom. The van der Waals surface area contributed by atoms with E-state index in [2.05, 4.69) is 0 Å². The highest BCUT2D eigenvalue weighted by Crippen LogP contribution is 2.22. The van der Waals surface area contributed by atoms with Crippen molar-refractivity contribution in [3.63, 3.8) is 0 Å². The number of alkyl halides is 1. The number of rotatable bonds is 3. The lowest BCUT2D eigenvalue weighted by molar-refractivity contribution is 0.202. The number of aliphatic hydroxyl groups excluding tert-OH is 1. The van der Waals surface area contributed by atoms with Crippen LogP contribution in [-0.4, -0.2) is 25.1 Å². The van der Waals surface area contributed by atoms with Crippen LogP contribution in [0.1, 0.15) is 11.7 Å². The summed E-state index contributed by atoms with van der Waals surface area (Å²) in [6.45, 7) is 0. The number of benzene rings is 1. The molecule has 0 fully saturated rings. The van der Waals surface area contributed by atoms with Crippen molar-refractivity contribution >= 4 is 17.3 Å². The molecule has 1 atom stereocenters. The molecular weight excluding hydrogens is 205 g/mol. The molecule has 4 heteroatoms. The molecule has 14 heavy (non-hydrogen) atoms. The Labute approximate surface area is 87.9 Å². The van der Waals surface area contributed by atoms with Gasteiger partial charge in [-0.1, -0.05) is 6.07 Å². The summed E-state index contributed by atoms with van der Waals surface area (Å²) >= 11 is 5.46. The van der Waals surface area contributed by atoms with Crippen molar-refractivity contribution in [2.75, 3.05) is 24.9 Å². The van der Waals surface area contributed by atoms with Crippen LogP contribution in [0.25, 0.3) is 0 Å². The van der Waals surface area contributed by atoms with Crippen molar-refractivity contribution < 1.29 is 9.50 Å². The third-order valence-electron chi connectivity index (χ3n) is 1.98. The Balaban J connectivity index is 3.00. The topological polar surface area (TPSA) is 23.5 Å². The highest BCUT2D eigenvalue weighted by Gasteiger charge is 2.10. The summed E-state index contributed by atoms with van der Waals surface area (Å²) in [6.07, 6.45) is -0.803. The predicted octanol–water partition coefficient (Wildman–Crippen LogP) is 2.16. The first-order valence-corrected chi connectivity index (χ1v) is 4.80. The molecule has 0 aliphatic rings. The van der Waals surface area contributed by atoms with Gasteiger partial charge in [-0.3, -0.25) is 0 Å². The molecule has 1 rings (SSSR count). The highest BCUT2D eigenvalue weighted by atomic mass is 35.5. The number of anilines is 1. The van der Waals surface area contributed by atoms with Crippen molar-refractivity contribution in [2.45, 2.75) is 6.10 Å². The zero-order chi connectivity index (χ0) is 10.7. The van der Waals surface area contributed by atoms with E-state index in [0.29, 0.717) is 11.3 Å². The molecule has 1 aromatic rings. The van der Waals surface area contributed by atoms with Crippen molar-refractivity contribution in [1.82, 2.24) is 0 Å². The predicted molar refractivity (Wildman–Crippen MR) is 56.4 cm³/mol. The van der Waals surface area contributed by atoms with Crippen molar-refractivity contribution in [3.05, 3.63) is 29.6 Å². The molecule has 0 saturated heterocycles. The number of aliphatic hydroxyl groups is 1. The van der Waals surface area contributed by atoms with Crippen LogP contribution < -0.4 is 4.90 Å². The van der Waals surface area contributed by atoms with Gasteiger partial charge in [0.1, 0.15) is 5.82 Å².